The van der Waals surface area contributed by atoms with Crippen molar-refractivity contribution in [1.29, 1.82) is 0 Å². The lowest BCUT2D eigenvalue weighted by molar-refractivity contribution is -0.0412. The van der Waals surface area contributed by atoms with Gasteiger partial charge in [-0.25, -0.2) is 13.6 Å². The number of hydrogen-bond acceptors (Lipinski definition) is 3. The van der Waals surface area contributed by atoms with Crippen LogP contribution in [0.4, 0.5) is 0 Å². The predicted octanol–water partition coefficient (Wildman–Crippen LogP) is 0.706. The topological polar surface area (TPSA) is 80.4 Å². The third kappa shape index (κ3) is 1.78. The van der Waals surface area contributed by atoms with E-state index in [0.29, 0.717) is 18.4 Å². The first kappa shape index (κ1) is 10.6. The van der Waals surface area contributed by atoms with Gasteiger partial charge in [-0.2, -0.15) is 0 Å². The molecule has 0 aliphatic heterocycles. The van der Waals surface area contributed by atoms with Gasteiger partial charge in [0.05, 0.1) is 10.5 Å². The van der Waals surface area contributed by atoms with E-state index in [0.717, 1.165) is 6.42 Å². The molecule has 1 saturated carbocycles. The predicted molar refractivity (Wildman–Crippen MR) is 55.6 cm³/mol. The largest absolute Gasteiger partial charge is 0.385 e. The van der Waals surface area contributed by atoms with Crippen molar-refractivity contribution in [2.45, 2.75) is 29.8 Å². The second-order valence-electron chi connectivity index (χ2n) is 3.93. The summed E-state index contributed by atoms with van der Waals surface area (Å²) in [4.78, 5) is 0.0344. The monoisotopic (exact) mass is 227 g/mol. The van der Waals surface area contributed by atoms with Crippen molar-refractivity contribution in [3.05, 3.63) is 29.8 Å². The van der Waals surface area contributed by atoms with Crippen LogP contribution in [0, 0.1) is 0 Å². The quantitative estimate of drug-likeness (QED) is 0.780. The highest BCUT2D eigenvalue weighted by Gasteiger charge is 2.39. The summed E-state index contributed by atoms with van der Waals surface area (Å²) in [5.74, 6) is 0. The molecule has 0 atom stereocenters. The molecule has 1 aliphatic carbocycles. The van der Waals surface area contributed by atoms with Gasteiger partial charge < -0.3 is 5.11 Å². The number of sulfonamides is 1. The molecule has 15 heavy (non-hydrogen) atoms. The Hall–Kier alpha value is -0.910. The maximum Gasteiger partial charge on any atom is 0.238 e. The van der Waals surface area contributed by atoms with Crippen LogP contribution in [0.5, 0.6) is 0 Å². The van der Waals surface area contributed by atoms with Crippen LogP contribution < -0.4 is 5.14 Å². The standard InChI is InChI=1S/C10H13NO3S/c11-15(13,14)9-5-2-1-4-8(9)10(12)6-3-7-10/h1-2,4-5,12H,3,6-7H2,(H2,11,13,14). The third-order valence-corrected chi connectivity index (χ3v) is 3.84. The molecule has 0 bridgehead atoms. The minimum absolute atomic E-state index is 0.0344. The number of primary sulfonamides is 1. The van der Waals surface area contributed by atoms with Crippen molar-refractivity contribution < 1.29 is 13.5 Å². The highest BCUT2D eigenvalue weighted by atomic mass is 32.2. The molecule has 0 aromatic heterocycles. The van der Waals surface area contributed by atoms with Gasteiger partial charge in [-0.3, -0.25) is 0 Å². The normalized spacial score (nSPS) is 19.6. The minimum Gasteiger partial charge on any atom is -0.385 e. The number of aliphatic hydroxyl groups is 1. The number of hydrogen-bond donors (Lipinski definition) is 2. The van der Waals surface area contributed by atoms with Crippen LogP contribution in [0.3, 0.4) is 0 Å². The average molecular weight is 227 g/mol. The van der Waals surface area contributed by atoms with Gasteiger partial charge in [0.2, 0.25) is 10.0 Å². The molecule has 0 amide bonds. The van der Waals surface area contributed by atoms with Gasteiger partial charge in [-0.15, -0.1) is 0 Å². The van der Waals surface area contributed by atoms with Gasteiger partial charge in [0.15, 0.2) is 0 Å². The van der Waals surface area contributed by atoms with Crippen LogP contribution in [0.25, 0.3) is 0 Å². The van der Waals surface area contributed by atoms with E-state index in [1.165, 1.54) is 6.07 Å². The summed E-state index contributed by atoms with van der Waals surface area (Å²) in [6.45, 7) is 0. The van der Waals surface area contributed by atoms with E-state index in [2.05, 4.69) is 0 Å². The van der Waals surface area contributed by atoms with Crippen LogP contribution in [-0.2, 0) is 15.6 Å². The second-order valence-corrected chi connectivity index (χ2v) is 5.46. The van der Waals surface area contributed by atoms with Crippen molar-refractivity contribution in [2.75, 3.05) is 0 Å². The highest BCUT2D eigenvalue weighted by molar-refractivity contribution is 7.89. The highest BCUT2D eigenvalue weighted by Crippen LogP contribution is 2.43. The zero-order chi connectivity index (χ0) is 11.1. The molecule has 1 fully saturated rings. The molecule has 5 heteroatoms. The summed E-state index contributed by atoms with van der Waals surface area (Å²) < 4.78 is 22.6. The zero-order valence-electron chi connectivity index (χ0n) is 8.18. The summed E-state index contributed by atoms with van der Waals surface area (Å²) >= 11 is 0. The fourth-order valence-corrected chi connectivity index (χ4v) is 2.71. The Balaban J connectivity index is 2.57. The summed E-state index contributed by atoms with van der Waals surface area (Å²) in [5, 5.41) is 15.2. The molecule has 1 aromatic carbocycles. The van der Waals surface area contributed by atoms with E-state index < -0.39 is 15.6 Å². The Morgan fingerprint density at radius 1 is 1.27 bits per heavy atom. The summed E-state index contributed by atoms with van der Waals surface area (Å²) in [5.41, 5.74) is -0.568. The van der Waals surface area contributed by atoms with Crippen molar-refractivity contribution in [1.82, 2.24) is 0 Å². The second kappa shape index (κ2) is 3.30. The van der Waals surface area contributed by atoms with E-state index in [9.17, 15) is 13.5 Å². The molecule has 0 spiro atoms. The van der Waals surface area contributed by atoms with E-state index in [4.69, 9.17) is 5.14 Å². The average Bonchev–Trinajstić information content (AvgIpc) is 2.13. The van der Waals surface area contributed by atoms with E-state index in [1.807, 2.05) is 0 Å². The van der Waals surface area contributed by atoms with Gasteiger partial charge in [0.25, 0.3) is 0 Å². The lowest BCUT2D eigenvalue weighted by atomic mass is 9.75. The molecule has 2 rings (SSSR count). The Labute approximate surface area is 88.8 Å². The number of rotatable bonds is 2. The van der Waals surface area contributed by atoms with E-state index in [-0.39, 0.29) is 4.90 Å². The fraction of sp³-hybridized carbons (Fsp3) is 0.400. The molecule has 0 unspecified atom stereocenters. The number of nitrogens with two attached hydrogens (primary N) is 1. The smallest absolute Gasteiger partial charge is 0.238 e. The van der Waals surface area contributed by atoms with Gasteiger partial charge >= 0.3 is 0 Å². The summed E-state index contributed by atoms with van der Waals surface area (Å²) in [7, 11) is -3.75. The van der Waals surface area contributed by atoms with Crippen LogP contribution >= 0.6 is 0 Å². The van der Waals surface area contributed by atoms with Crippen LogP contribution in [0.15, 0.2) is 29.2 Å². The van der Waals surface area contributed by atoms with Crippen LogP contribution in [0.2, 0.25) is 0 Å². The van der Waals surface area contributed by atoms with Crippen molar-refractivity contribution in [3.8, 4) is 0 Å². The Bertz CT molecular complexity index is 477. The molecular formula is C10H13NO3S. The molecule has 1 aromatic rings. The number of benzene rings is 1. The molecule has 0 radical (unpaired) electrons. The Kier molecular flexibility index (Phi) is 2.33. The third-order valence-electron chi connectivity index (χ3n) is 2.88. The Morgan fingerprint density at radius 2 is 1.87 bits per heavy atom. The first-order valence-electron chi connectivity index (χ1n) is 4.78. The van der Waals surface area contributed by atoms with Gasteiger partial charge in [0.1, 0.15) is 0 Å². The maximum absolute atomic E-state index is 11.3. The molecule has 0 heterocycles. The SMILES string of the molecule is NS(=O)(=O)c1ccccc1C1(O)CCC1. The molecule has 82 valence electrons. The van der Waals surface area contributed by atoms with Crippen molar-refractivity contribution in [2.24, 2.45) is 5.14 Å². The summed E-state index contributed by atoms with van der Waals surface area (Å²) in [6, 6.07) is 6.37. The lowest BCUT2D eigenvalue weighted by Crippen LogP contribution is -2.35. The maximum atomic E-state index is 11.3. The zero-order valence-corrected chi connectivity index (χ0v) is 9.00. The fourth-order valence-electron chi connectivity index (χ4n) is 1.88. The summed E-state index contributed by atoms with van der Waals surface area (Å²) in [6.07, 6.45) is 2.11. The van der Waals surface area contributed by atoms with Gasteiger partial charge in [-0.1, -0.05) is 18.2 Å². The van der Waals surface area contributed by atoms with E-state index in [1.54, 1.807) is 18.2 Å². The Morgan fingerprint density at radius 3 is 2.33 bits per heavy atom. The van der Waals surface area contributed by atoms with Crippen molar-refractivity contribution in [3.63, 3.8) is 0 Å². The van der Waals surface area contributed by atoms with Crippen LogP contribution in [0.1, 0.15) is 24.8 Å². The lowest BCUT2D eigenvalue weighted by Gasteiger charge is -2.37. The molecule has 3 N–H and O–H groups in total. The van der Waals surface area contributed by atoms with Gasteiger partial charge in [0, 0.05) is 5.56 Å². The molecular weight excluding hydrogens is 214 g/mol. The first-order chi connectivity index (χ1) is 6.93. The van der Waals surface area contributed by atoms with E-state index >= 15 is 0 Å². The first-order valence-corrected chi connectivity index (χ1v) is 6.33. The van der Waals surface area contributed by atoms with Crippen molar-refractivity contribution >= 4 is 10.0 Å². The molecule has 4 nitrogen and oxygen atoms in total. The molecule has 1 aliphatic rings. The minimum atomic E-state index is -3.75. The molecule has 0 saturated heterocycles. The van der Waals surface area contributed by atoms with Gasteiger partial charge in [-0.05, 0) is 25.3 Å². The van der Waals surface area contributed by atoms with Crippen LogP contribution in [-0.4, -0.2) is 13.5 Å².